The van der Waals surface area contributed by atoms with E-state index in [1.54, 1.807) is 20.8 Å². The second-order valence-corrected chi connectivity index (χ2v) is 7.30. The zero-order valence-electron chi connectivity index (χ0n) is 15.3. The zero-order chi connectivity index (χ0) is 19.3. The summed E-state index contributed by atoms with van der Waals surface area (Å²) >= 11 is 0. The maximum absolute atomic E-state index is 12.6. The lowest BCUT2D eigenvalue weighted by atomic mass is 9.89. The SMILES string of the molecule is CC(C)(C)OC(=O)[C@@H]1[C@H](C(=O)O)CCCN1C(=O)OCc1ccccc1. The lowest BCUT2D eigenvalue weighted by molar-refractivity contribution is -0.169. The average molecular weight is 363 g/mol. The number of carboxylic acid groups (broad SMARTS) is 1. The molecule has 1 aliphatic rings. The van der Waals surface area contributed by atoms with E-state index in [1.165, 1.54) is 4.90 Å². The van der Waals surface area contributed by atoms with E-state index in [0.29, 0.717) is 12.8 Å². The molecule has 0 bridgehead atoms. The number of piperidine rings is 1. The van der Waals surface area contributed by atoms with Crippen LogP contribution in [0.4, 0.5) is 4.79 Å². The summed E-state index contributed by atoms with van der Waals surface area (Å²) < 4.78 is 10.6. The fourth-order valence-corrected chi connectivity index (χ4v) is 2.91. The van der Waals surface area contributed by atoms with Crippen molar-refractivity contribution in [2.45, 2.75) is 51.9 Å². The van der Waals surface area contributed by atoms with Gasteiger partial charge in [-0.2, -0.15) is 0 Å². The molecule has 1 aromatic carbocycles. The van der Waals surface area contributed by atoms with E-state index >= 15 is 0 Å². The lowest BCUT2D eigenvalue weighted by Crippen LogP contribution is -2.56. The number of carboxylic acids is 1. The predicted molar refractivity (Wildman–Crippen MR) is 93.3 cm³/mol. The van der Waals surface area contributed by atoms with Crippen molar-refractivity contribution in [1.82, 2.24) is 4.90 Å². The van der Waals surface area contributed by atoms with Crippen molar-refractivity contribution in [3.05, 3.63) is 35.9 Å². The molecule has 1 N–H and O–H groups in total. The molecule has 0 radical (unpaired) electrons. The molecule has 0 spiro atoms. The van der Waals surface area contributed by atoms with Crippen LogP contribution in [-0.4, -0.2) is 46.2 Å². The van der Waals surface area contributed by atoms with Crippen molar-refractivity contribution < 1.29 is 29.0 Å². The van der Waals surface area contributed by atoms with Crippen LogP contribution in [0, 0.1) is 5.92 Å². The Balaban J connectivity index is 2.15. The Kier molecular flexibility index (Phi) is 6.23. The van der Waals surface area contributed by atoms with E-state index in [-0.39, 0.29) is 13.2 Å². The van der Waals surface area contributed by atoms with E-state index < -0.39 is 35.6 Å². The summed E-state index contributed by atoms with van der Waals surface area (Å²) in [4.78, 5) is 37.9. The number of carbonyl (C=O) groups is 3. The molecule has 1 heterocycles. The summed E-state index contributed by atoms with van der Waals surface area (Å²) in [6.45, 7) is 5.39. The van der Waals surface area contributed by atoms with Crippen LogP contribution in [0.15, 0.2) is 30.3 Å². The molecule has 142 valence electrons. The monoisotopic (exact) mass is 363 g/mol. The molecule has 7 nitrogen and oxygen atoms in total. The Morgan fingerprint density at radius 1 is 1.19 bits per heavy atom. The summed E-state index contributed by atoms with van der Waals surface area (Å²) in [7, 11) is 0. The number of hydrogen-bond donors (Lipinski definition) is 1. The van der Waals surface area contributed by atoms with Crippen LogP contribution < -0.4 is 0 Å². The van der Waals surface area contributed by atoms with Crippen molar-refractivity contribution in [3.8, 4) is 0 Å². The highest BCUT2D eigenvalue weighted by atomic mass is 16.6. The van der Waals surface area contributed by atoms with Gasteiger partial charge in [-0.3, -0.25) is 9.69 Å². The van der Waals surface area contributed by atoms with Gasteiger partial charge in [0.05, 0.1) is 5.92 Å². The molecule has 7 heteroatoms. The van der Waals surface area contributed by atoms with Crippen LogP contribution in [0.5, 0.6) is 0 Å². The van der Waals surface area contributed by atoms with Crippen molar-refractivity contribution in [3.63, 3.8) is 0 Å². The molecule has 0 aliphatic carbocycles. The number of likely N-dealkylation sites (tertiary alicyclic amines) is 1. The molecule has 2 rings (SSSR count). The molecule has 26 heavy (non-hydrogen) atoms. The number of benzene rings is 1. The van der Waals surface area contributed by atoms with E-state index in [2.05, 4.69) is 0 Å². The maximum Gasteiger partial charge on any atom is 0.410 e. The minimum atomic E-state index is -1.19. The molecule has 1 aliphatic heterocycles. The first-order valence-electron chi connectivity index (χ1n) is 8.62. The molecular formula is C19H25NO6. The Morgan fingerprint density at radius 3 is 2.42 bits per heavy atom. The van der Waals surface area contributed by atoms with Gasteiger partial charge in [0.1, 0.15) is 18.2 Å². The van der Waals surface area contributed by atoms with Crippen molar-refractivity contribution in [1.29, 1.82) is 0 Å². The standard InChI is InChI=1S/C19H25NO6/c1-19(2,3)26-17(23)15-14(16(21)22)10-7-11-20(15)18(24)25-12-13-8-5-4-6-9-13/h4-6,8-9,14-15H,7,10-12H2,1-3H3,(H,21,22)/t14-,15+/m1/s1. The highest BCUT2D eigenvalue weighted by Gasteiger charge is 2.45. The van der Waals surface area contributed by atoms with E-state index in [0.717, 1.165) is 5.56 Å². The largest absolute Gasteiger partial charge is 0.481 e. The third kappa shape index (κ3) is 5.21. The summed E-state index contributed by atoms with van der Waals surface area (Å²) in [6, 6.07) is 7.95. The Morgan fingerprint density at radius 2 is 1.85 bits per heavy atom. The van der Waals surface area contributed by atoms with Crippen LogP contribution in [0.3, 0.4) is 0 Å². The Labute approximate surface area is 152 Å². The van der Waals surface area contributed by atoms with Crippen molar-refractivity contribution >= 4 is 18.0 Å². The molecule has 1 saturated heterocycles. The number of rotatable bonds is 4. The van der Waals surface area contributed by atoms with Crippen LogP contribution in [0.1, 0.15) is 39.2 Å². The van der Waals surface area contributed by atoms with Crippen LogP contribution in [0.2, 0.25) is 0 Å². The van der Waals surface area contributed by atoms with Crippen LogP contribution in [-0.2, 0) is 25.7 Å². The fourth-order valence-electron chi connectivity index (χ4n) is 2.91. The van der Waals surface area contributed by atoms with E-state index in [9.17, 15) is 19.5 Å². The number of carbonyl (C=O) groups excluding carboxylic acids is 2. The molecule has 1 amide bonds. The Hall–Kier alpha value is -2.57. The highest BCUT2D eigenvalue weighted by molar-refractivity contribution is 5.87. The van der Waals surface area contributed by atoms with Crippen LogP contribution in [0.25, 0.3) is 0 Å². The van der Waals surface area contributed by atoms with Gasteiger partial charge in [0.15, 0.2) is 0 Å². The number of hydrogen-bond acceptors (Lipinski definition) is 5. The lowest BCUT2D eigenvalue weighted by Gasteiger charge is -2.38. The van der Waals surface area contributed by atoms with Gasteiger partial charge in [-0.05, 0) is 39.2 Å². The van der Waals surface area contributed by atoms with Gasteiger partial charge in [0.25, 0.3) is 0 Å². The molecule has 1 fully saturated rings. The van der Waals surface area contributed by atoms with Gasteiger partial charge in [-0.1, -0.05) is 30.3 Å². The zero-order valence-corrected chi connectivity index (χ0v) is 15.3. The first-order chi connectivity index (χ1) is 12.2. The van der Waals surface area contributed by atoms with Gasteiger partial charge in [-0.15, -0.1) is 0 Å². The molecule has 0 aromatic heterocycles. The fraction of sp³-hybridized carbons (Fsp3) is 0.526. The quantitative estimate of drug-likeness (QED) is 0.827. The summed E-state index contributed by atoms with van der Waals surface area (Å²) in [6.07, 6.45) is 0.0777. The number of nitrogens with zero attached hydrogens (tertiary/aromatic N) is 1. The minimum Gasteiger partial charge on any atom is -0.481 e. The highest BCUT2D eigenvalue weighted by Crippen LogP contribution is 2.27. The van der Waals surface area contributed by atoms with E-state index in [4.69, 9.17) is 9.47 Å². The van der Waals surface area contributed by atoms with Crippen molar-refractivity contribution in [2.75, 3.05) is 6.54 Å². The van der Waals surface area contributed by atoms with Gasteiger partial charge in [0, 0.05) is 6.54 Å². The average Bonchev–Trinajstić information content (AvgIpc) is 2.58. The normalized spacial score (nSPS) is 20.3. The summed E-state index contributed by atoms with van der Waals surface area (Å²) in [5, 5.41) is 9.48. The predicted octanol–water partition coefficient (Wildman–Crippen LogP) is 2.83. The smallest absolute Gasteiger partial charge is 0.410 e. The summed E-state index contributed by atoms with van der Waals surface area (Å²) in [5.41, 5.74) is 0.0264. The number of esters is 1. The first kappa shape index (κ1) is 19.8. The second-order valence-electron chi connectivity index (χ2n) is 7.30. The number of aliphatic carboxylic acids is 1. The number of amides is 1. The molecule has 0 unspecified atom stereocenters. The van der Waals surface area contributed by atoms with Gasteiger partial charge in [0.2, 0.25) is 0 Å². The molecule has 2 atom stereocenters. The van der Waals surface area contributed by atoms with Crippen molar-refractivity contribution in [2.24, 2.45) is 5.92 Å². The van der Waals surface area contributed by atoms with Crippen LogP contribution >= 0.6 is 0 Å². The van der Waals surface area contributed by atoms with Gasteiger partial charge >= 0.3 is 18.0 Å². The maximum atomic E-state index is 12.6. The van der Waals surface area contributed by atoms with Gasteiger partial charge in [-0.25, -0.2) is 9.59 Å². The Bertz CT molecular complexity index is 652. The second kappa shape index (κ2) is 8.21. The summed E-state index contributed by atoms with van der Waals surface area (Å²) in [5.74, 6) is -2.86. The third-order valence-corrected chi connectivity index (χ3v) is 4.04. The molecule has 1 aromatic rings. The minimum absolute atomic E-state index is 0.0505. The molecular weight excluding hydrogens is 338 g/mol. The molecule has 0 saturated carbocycles. The third-order valence-electron chi connectivity index (χ3n) is 4.04. The number of ether oxygens (including phenoxy) is 2. The van der Waals surface area contributed by atoms with Gasteiger partial charge < -0.3 is 14.6 Å². The topological polar surface area (TPSA) is 93.1 Å². The first-order valence-corrected chi connectivity index (χ1v) is 8.62. The van der Waals surface area contributed by atoms with E-state index in [1.807, 2.05) is 30.3 Å².